The van der Waals surface area contributed by atoms with Gasteiger partial charge in [0.05, 0.1) is 10.6 Å². The largest absolute Gasteiger partial charge is 0.348 e. The molecule has 6 nitrogen and oxygen atoms in total. The maximum absolute atomic E-state index is 11.0. The van der Waals surface area contributed by atoms with Crippen LogP contribution in [-0.2, 0) is 0 Å². The predicted octanol–water partition coefficient (Wildman–Crippen LogP) is 4.31. The molecule has 1 aromatic heterocycles. The summed E-state index contributed by atoms with van der Waals surface area (Å²) >= 11 is 12.4. The van der Waals surface area contributed by atoms with Gasteiger partial charge in [-0.2, -0.15) is 0 Å². The first-order valence-electron chi connectivity index (χ1n) is 4.86. The van der Waals surface area contributed by atoms with Gasteiger partial charge >= 0.3 is 5.69 Å². The van der Waals surface area contributed by atoms with Crippen molar-refractivity contribution in [2.24, 2.45) is 0 Å². The summed E-state index contributed by atoms with van der Waals surface area (Å²) in [7, 11) is 0. The molecule has 0 aliphatic rings. The van der Waals surface area contributed by atoms with Crippen molar-refractivity contribution >= 4 is 60.7 Å². The van der Waals surface area contributed by atoms with Crippen LogP contribution in [0.3, 0.4) is 0 Å². The van der Waals surface area contributed by atoms with Crippen LogP contribution in [0.25, 0.3) is 0 Å². The number of benzene rings is 1. The molecule has 0 unspecified atom stereocenters. The number of aromatic nitrogens is 2. The van der Waals surface area contributed by atoms with E-state index < -0.39 is 4.92 Å². The molecule has 1 aromatic carbocycles. The van der Waals surface area contributed by atoms with Crippen molar-refractivity contribution in [3.8, 4) is 0 Å². The maximum Gasteiger partial charge on any atom is 0.348 e. The Morgan fingerprint density at radius 1 is 1.32 bits per heavy atom. The van der Waals surface area contributed by atoms with Gasteiger partial charge in [0.15, 0.2) is 0 Å². The van der Waals surface area contributed by atoms with E-state index in [2.05, 4.69) is 47.1 Å². The number of nitro groups is 1. The van der Waals surface area contributed by atoms with Gasteiger partial charge in [0.1, 0.15) is 6.33 Å². The van der Waals surface area contributed by atoms with Crippen LogP contribution in [0.15, 0.2) is 33.5 Å². The lowest BCUT2D eigenvalue weighted by Gasteiger charge is -2.08. The zero-order chi connectivity index (χ0) is 14.0. The molecule has 1 heterocycles. The number of anilines is 2. The molecular weight excluding hydrogens is 403 g/mol. The lowest BCUT2D eigenvalue weighted by molar-refractivity contribution is -0.384. The van der Waals surface area contributed by atoms with E-state index in [1.165, 1.54) is 0 Å². The van der Waals surface area contributed by atoms with E-state index in [0.717, 1.165) is 15.3 Å². The van der Waals surface area contributed by atoms with Gasteiger partial charge < -0.3 is 5.32 Å². The summed E-state index contributed by atoms with van der Waals surface area (Å²) in [5.41, 5.74) is 0.253. The summed E-state index contributed by atoms with van der Waals surface area (Å²) in [5.74, 6) is 0.0313. The number of nitrogens with one attached hydrogen (secondary N) is 1. The van der Waals surface area contributed by atoms with Crippen molar-refractivity contribution in [3.63, 3.8) is 0 Å². The minimum Gasteiger partial charge on any atom is -0.333 e. The van der Waals surface area contributed by atoms with Crippen molar-refractivity contribution in [1.29, 1.82) is 0 Å². The third kappa shape index (κ3) is 3.20. The van der Waals surface area contributed by atoms with Crippen molar-refractivity contribution in [2.45, 2.75) is 0 Å². The van der Waals surface area contributed by atoms with E-state index in [-0.39, 0.29) is 16.7 Å². The van der Waals surface area contributed by atoms with Crippen LogP contribution in [0, 0.1) is 10.1 Å². The summed E-state index contributed by atoms with van der Waals surface area (Å²) < 4.78 is 1.56. The Kier molecular flexibility index (Phi) is 4.33. The fraction of sp³-hybridized carbons (Fsp3) is 0. The zero-order valence-corrected chi connectivity index (χ0v) is 13.0. The van der Waals surface area contributed by atoms with E-state index in [9.17, 15) is 10.1 Å². The third-order valence-electron chi connectivity index (χ3n) is 2.14. The minimum absolute atomic E-state index is 0.0313. The average molecular weight is 408 g/mol. The quantitative estimate of drug-likeness (QED) is 0.465. The van der Waals surface area contributed by atoms with Gasteiger partial charge in [-0.25, -0.2) is 9.97 Å². The third-order valence-corrected chi connectivity index (χ3v) is 3.60. The second-order valence-corrected chi connectivity index (χ2v) is 5.50. The predicted molar refractivity (Wildman–Crippen MR) is 78.8 cm³/mol. The lowest BCUT2D eigenvalue weighted by atomic mass is 10.3. The molecule has 19 heavy (non-hydrogen) atoms. The number of rotatable bonds is 3. The van der Waals surface area contributed by atoms with Crippen LogP contribution in [-0.4, -0.2) is 14.9 Å². The zero-order valence-electron chi connectivity index (χ0n) is 9.10. The Bertz CT molecular complexity index is 653. The second-order valence-electron chi connectivity index (χ2n) is 3.37. The molecule has 0 fully saturated rings. The van der Waals surface area contributed by atoms with Crippen LogP contribution in [0.2, 0.25) is 5.15 Å². The molecule has 0 radical (unpaired) electrons. The summed E-state index contributed by atoms with van der Waals surface area (Å²) in [6, 6.07) is 5.38. The molecule has 1 N–H and O–H groups in total. The Balaban J connectivity index is 2.46. The highest BCUT2D eigenvalue weighted by atomic mass is 79.9. The monoisotopic (exact) mass is 406 g/mol. The van der Waals surface area contributed by atoms with Gasteiger partial charge in [0, 0.05) is 8.95 Å². The van der Waals surface area contributed by atoms with Crippen molar-refractivity contribution in [1.82, 2.24) is 9.97 Å². The molecule has 9 heteroatoms. The van der Waals surface area contributed by atoms with Gasteiger partial charge in [0.2, 0.25) is 11.0 Å². The first-order chi connectivity index (χ1) is 8.99. The molecule has 0 saturated carbocycles. The van der Waals surface area contributed by atoms with Crippen LogP contribution in [0.5, 0.6) is 0 Å². The van der Waals surface area contributed by atoms with Crippen LogP contribution < -0.4 is 5.32 Å². The van der Waals surface area contributed by atoms with Gasteiger partial charge in [0.25, 0.3) is 0 Å². The molecule has 0 aliphatic carbocycles. The molecule has 0 bridgehead atoms. The number of hydrogen-bond donors (Lipinski definition) is 1. The molecular formula is C10H5Br2ClN4O2. The number of hydrogen-bond acceptors (Lipinski definition) is 5. The highest BCUT2D eigenvalue weighted by Gasteiger charge is 2.22. The fourth-order valence-electron chi connectivity index (χ4n) is 1.33. The topological polar surface area (TPSA) is 81.0 Å². The Morgan fingerprint density at radius 3 is 2.74 bits per heavy atom. The lowest BCUT2D eigenvalue weighted by Crippen LogP contribution is -2.02. The van der Waals surface area contributed by atoms with Crippen molar-refractivity contribution in [3.05, 3.63) is 48.7 Å². The fourth-order valence-corrected chi connectivity index (χ4v) is 2.24. The standard InChI is InChI=1S/C10H5Br2ClN4O2/c11-5-1-2-6(12)7(3-5)16-10-8(17(18)19)9(13)14-4-15-10/h1-4H,(H,14,15,16). The van der Waals surface area contributed by atoms with Crippen molar-refractivity contribution < 1.29 is 4.92 Å². The molecule has 98 valence electrons. The number of nitrogens with zero attached hydrogens (tertiary/aromatic N) is 3. The molecule has 0 atom stereocenters. The first kappa shape index (κ1) is 14.2. The SMILES string of the molecule is O=[N+]([O-])c1c(Cl)ncnc1Nc1cc(Br)ccc1Br. The van der Waals surface area contributed by atoms with E-state index in [1.807, 2.05) is 6.07 Å². The highest BCUT2D eigenvalue weighted by molar-refractivity contribution is 9.11. The summed E-state index contributed by atoms with van der Waals surface area (Å²) in [6.45, 7) is 0. The Morgan fingerprint density at radius 2 is 2.05 bits per heavy atom. The summed E-state index contributed by atoms with van der Waals surface area (Å²) in [4.78, 5) is 17.8. The highest BCUT2D eigenvalue weighted by Crippen LogP contribution is 2.34. The molecule has 2 aromatic rings. The minimum atomic E-state index is -0.628. The maximum atomic E-state index is 11.0. The van der Waals surface area contributed by atoms with E-state index in [4.69, 9.17) is 11.6 Å². The van der Waals surface area contributed by atoms with Crippen molar-refractivity contribution in [2.75, 3.05) is 5.32 Å². The molecule has 0 aliphatic heterocycles. The summed E-state index contributed by atoms with van der Waals surface area (Å²) in [5, 5.41) is 13.6. The first-order valence-corrected chi connectivity index (χ1v) is 6.82. The van der Waals surface area contributed by atoms with Gasteiger partial charge in [-0.3, -0.25) is 10.1 Å². The van der Waals surface area contributed by atoms with E-state index in [0.29, 0.717) is 5.69 Å². The van der Waals surface area contributed by atoms with Crippen LogP contribution in [0.4, 0.5) is 17.2 Å². The normalized spacial score (nSPS) is 10.3. The Hall–Kier alpha value is -1.25. The molecule has 2 rings (SSSR count). The average Bonchev–Trinajstić information content (AvgIpc) is 2.33. The van der Waals surface area contributed by atoms with E-state index in [1.54, 1.807) is 12.1 Å². The van der Waals surface area contributed by atoms with Crippen LogP contribution in [0.1, 0.15) is 0 Å². The van der Waals surface area contributed by atoms with Gasteiger partial charge in [-0.15, -0.1) is 0 Å². The second kappa shape index (κ2) is 5.81. The molecule has 0 saturated heterocycles. The van der Waals surface area contributed by atoms with Gasteiger partial charge in [-0.1, -0.05) is 27.5 Å². The molecule has 0 amide bonds. The Labute approximate surface area is 129 Å². The van der Waals surface area contributed by atoms with E-state index >= 15 is 0 Å². The summed E-state index contributed by atoms with van der Waals surface area (Å²) in [6.07, 6.45) is 1.16. The van der Waals surface area contributed by atoms with Crippen LogP contribution >= 0.6 is 43.5 Å². The smallest absolute Gasteiger partial charge is 0.333 e. The molecule has 0 spiro atoms. The van der Waals surface area contributed by atoms with Gasteiger partial charge in [-0.05, 0) is 34.1 Å². The number of halogens is 3.